The van der Waals surface area contributed by atoms with Crippen molar-refractivity contribution in [2.45, 2.75) is 33.2 Å². The van der Waals surface area contributed by atoms with E-state index in [1.807, 2.05) is 29.8 Å². The van der Waals surface area contributed by atoms with E-state index >= 15 is 0 Å². The first-order valence-electron chi connectivity index (χ1n) is 9.29. The maximum Gasteiger partial charge on any atom is 0.261 e. The second kappa shape index (κ2) is 6.55. The number of nitrogens with zero attached hydrogens (tertiary/aromatic N) is 3. The third-order valence-electron chi connectivity index (χ3n) is 5.51. The number of aryl methyl sites for hydroxylation is 2. The Morgan fingerprint density at radius 2 is 2.15 bits per heavy atom. The molecule has 138 valence electrons. The van der Waals surface area contributed by atoms with E-state index < -0.39 is 0 Å². The molecule has 0 unspecified atom stereocenters. The molecule has 0 saturated heterocycles. The van der Waals surface area contributed by atoms with Crippen LogP contribution in [0.1, 0.15) is 27.3 Å². The summed E-state index contributed by atoms with van der Waals surface area (Å²) >= 11 is 3.45. The number of hydrogen-bond donors (Lipinski definition) is 0. The zero-order valence-electron chi connectivity index (χ0n) is 15.5. The van der Waals surface area contributed by atoms with E-state index in [4.69, 9.17) is 0 Å². The fourth-order valence-electron chi connectivity index (χ4n) is 4.02. The van der Waals surface area contributed by atoms with E-state index in [0.717, 1.165) is 48.7 Å². The molecule has 4 heterocycles. The molecule has 0 fully saturated rings. The van der Waals surface area contributed by atoms with Crippen LogP contribution in [-0.2, 0) is 19.4 Å². The summed E-state index contributed by atoms with van der Waals surface area (Å²) in [6.45, 7) is 7.06. The Hall–Kier alpha value is -2.02. The van der Waals surface area contributed by atoms with Gasteiger partial charge in [-0.05, 0) is 43.7 Å². The van der Waals surface area contributed by atoms with Crippen LogP contribution >= 0.6 is 22.7 Å². The maximum absolute atomic E-state index is 12.8. The van der Waals surface area contributed by atoms with Crippen molar-refractivity contribution in [3.63, 3.8) is 0 Å². The second-order valence-corrected chi connectivity index (χ2v) is 9.33. The van der Waals surface area contributed by atoms with Gasteiger partial charge in [-0.3, -0.25) is 14.1 Å². The van der Waals surface area contributed by atoms with Gasteiger partial charge >= 0.3 is 0 Å². The molecule has 3 aromatic heterocycles. The number of aromatic nitrogens is 2. The molecule has 0 radical (unpaired) electrons. The zero-order chi connectivity index (χ0) is 18.5. The molecular formula is C21H21N3OS2. The fourth-order valence-corrected chi connectivity index (χ4v) is 5.95. The molecule has 0 N–H and O–H groups in total. The van der Waals surface area contributed by atoms with E-state index in [2.05, 4.69) is 35.0 Å². The predicted octanol–water partition coefficient (Wildman–Crippen LogP) is 4.19. The molecule has 1 aliphatic heterocycles. The van der Waals surface area contributed by atoms with Crippen molar-refractivity contribution >= 4 is 37.7 Å². The zero-order valence-corrected chi connectivity index (χ0v) is 17.1. The third kappa shape index (κ3) is 2.92. The monoisotopic (exact) mass is 395 g/mol. The smallest absolute Gasteiger partial charge is 0.261 e. The minimum atomic E-state index is 0.0908. The number of thiophene rings is 1. The molecule has 5 rings (SSSR count). The van der Waals surface area contributed by atoms with Crippen molar-refractivity contribution in [2.24, 2.45) is 0 Å². The van der Waals surface area contributed by atoms with E-state index in [-0.39, 0.29) is 5.56 Å². The van der Waals surface area contributed by atoms with Gasteiger partial charge in [0.1, 0.15) is 0 Å². The van der Waals surface area contributed by atoms with Gasteiger partial charge in [0.05, 0.1) is 0 Å². The number of benzene rings is 1. The first-order chi connectivity index (χ1) is 13.1. The van der Waals surface area contributed by atoms with Gasteiger partial charge in [0.15, 0.2) is 4.96 Å². The van der Waals surface area contributed by atoms with E-state index in [0.29, 0.717) is 0 Å². The van der Waals surface area contributed by atoms with Gasteiger partial charge in [-0.25, -0.2) is 4.98 Å². The molecule has 0 bridgehead atoms. The van der Waals surface area contributed by atoms with Crippen LogP contribution in [0.4, 0.5) is 0 Å². The summed E-state index contributed by atoms with van der Waals surface area (Å²) in [4.78, 5) is 22.2. The number of hydrogen-bond acceptors (Lipinski definition) is 5. The highest BCUT2D eigenvalue weighted by molar-refractivity contribution is 7.19. The highest BCUT2D eigenvalue weighted by Gasteiger charge is 2.21. The van der Waals surface area contributed by atoms with Crippen molar-refractivity contribution in [2.75, 3.05) is 13.1 Å². The number of fused-ring (bicyclic) bond motifs is 4. The molecular weight excluding hydrogens is 374 g/mol. The first-order valence-corrected chi connectivity index (χ1v) is 11.0. The van der Waals surface area contributed by atoms with Gasteiger partial charge in [-0.1, -0.05) is 17.7 Å². The lowest BCUT2D eigenvalue weighted by Crippen LogP contribution is -2.33. The Morgan fingerprint density at radius 1 is 1.26 bits per heavy atom. The van der Waals surface area contributed by atoms with Crippen LogP contribution in [-0.4, -0.2) is 27.4 Å². The van der Waals surface area contributed by atoms with Crippen molar-refractivity contribution in [3.8, 4) is 0 Å². The van der Waals surface area contributed by atoms with Gasteiger partial charge in [0.2, 0.25) is 0 Å². The highest BCUT2D eigenvalue weighted by Crippen LogP contribution is 2.35. The van der Waals surface area contributed by atoms with Crippen molar-refractivity contribution in [1.29, 1.82) is 0 Å². The van der Waals surface area contributed by atoms with Gasteiger partial charge in [0.25, 0.3) is 5.56 Å². The summed E-state index contributed by atoms with van der Waals surface area (Å²) in [5.41, 5.74) is 4.62. The van der Waals surface area contributed by atoms with Crippen LogP contribution in [0.3, 0.4) is 0 Å². The van der Waals surface area contributed by atoms with Gasteiger partial charge in [-0.2, -0.15) is 0 Å². The average molecular weight is 396 g/mol. The number of rotatable bonds is 3. The standard InChI is InChI=1S/C21H21N3OS2/c1-13-3-4-18-16(11-13)17-12-23(8-6-19(17)27-18)7-5-15-14(2)22-21-24(20(15)25)9-10-26-21/h3-4,9-11H,5-8,12H2,1-2H3. The Morgan fingerprint density at radius 3 is 3.04 bits per heavy atom. The topological polar surface area (TPSA) is 37.6 Å². The largest absolute Gasteiger partial charge is 0.298 e. The van der Waals surface area contributed by atoms with Crippen LogP contribution in [0.2, 0.25) is 0 Å². The summed E-state index contributed by atoms with van der Waals surface area (Å²) in [7, 11) is 0. The van der Waals surface area contributed by atoms with Crippen LogP contribution in [0.15, 0.2) is 34.6 Å². The second-order valence-electron chi connectivity index (χ2n) is 7.32. The fraction of sp³-hybridized carbons (Fsp3) is 0.333. The Labute approximate surface area is 165 Å². The first kappa shape index (κ1) is 17.1. The summed E-state index contributed by atoms with van der Waals surface area (Å²) in [6, 6.07) is 6.77. The molecule has 27 heavy (non-hydrogen) atoms. The molecule has 4 nitrogen and oxygen atoms in total. The molecule has 0 saturated carbocycles. The van der Waals surface area contributed by atoms with Gasteiger partial charge in [0, 0.05) is 52.0 Å². The van der Waals surface area contributed by atoms with Crippen molar-refractivity contribution in [3.05, 3.63) is 67.4 Å². The van der Waals surface area contributed by atoms with E-state index in [9.17, 15) is 4.79 Å². The van der Waals surface area contributed by atoms with Crippen LogP contribution < -0.4 is 5.56 Å². The van der Waals surface area contributed by atoms with E-state index in [1.54, 1.807) is 4.40 Å². The van der Waals surface area contributed by atoms with E-state index in [1.165, 1.54) is 37.4 Å². The van der Waals surface area contributed by atoms with Crippen LogP contribution in [0.5, 0.6) is 0 Å². The summed E-state index contributed by atoms with van der Waals surface area (Å²) in [5.74, 6) is 0. The van der Waals surface area contributed by atoms with Crippen LogP contribution in [0, 0.1) is 13.8 Å². The van der Waals surface area contributed by atoms with Gasteiger partial charge < -0.3 is 0 Å². The molecule has 1 aromatic carbocycles. The molecule has 0 amide bonds. The van der Waals surface area contributed by atoms with Crippen LogP contribution in [0.25, 0.3) is 15.0 Å². The normalized spacial score (nSPS) is 14.9. The van der Waals surface area contributed by atoms with Crippen molar-refractivity contribution in [1.82, 2.24) is 14.3 Å². The molecule has 4 aromatic rings. The number of thiazole rings is 1. The lowest BCUT2D eigenvalue weighted by atomic mass is 10.0. The summed E-state index contributed by atoms with van der Waals surface area (Å²) in [6.07, 6.45) is 3.69. The minimum absolute atomic E-state index is 0.0908. The molecule has 0 aliphatic carbocycles. The molecule has 1 aliphatic rings. The average Bonchev–Trinajstić information content (AvgIpc) is 3.25. The third-order valence-corrected chi connectivity index (χ3v) is 7.54. The minimum Gasteiger partial charge on any atom is -0.298 e. The molecule has 0 spiro atoms. The quantitative estimate of drug-likeness (QED) is 0.522. The molecule has 0 atom stereocenters. The maximum atomic E-state index is 12.8. The highest BCUT2D eigenvalue weighted by atomic mass is 32.1. The lowest BCUT2D eigenvalue weighted by molar-refractivity contribution is 0.260. The summed E-state index contributed by atoms with van der Waals surface area (Å²) in [5, 5.41) is 3.33. The Bertz CT molecular complexity index is 1220. The summed E-state index contributed by atoms with van der Waals surface area (Å²) < 4.78 is 3.07. The predicted molar refractivity (Wildman–Crippen MR) is 113 cm³/mol. The van der Waals surface area contributed by atoms with Crippen molar-refractivity contribution < 1.29 is 0 Å². The lowest BCUT2D eigenvalue weighted by Gasteiger charge is -2.27. The van der Waals surface area contributed by atoms with Gasteiger partial charge in [-0.15, -0.1) is 22.7 Å². The Kier molecular flexibility index (Phi) is 4.15. The Balaban J connectivity index is 1.40. The SMILES string of the molecule is Cc1ccc2sc3c(c2c1)CN(CCc1c(C)nc2sccn2c1=O)CC3. The molecule has 6 heteroatoms.